The van der Waals surface area contributed by atoms with Gasteiger partial charge in [0.1, 0.15) is 0 Å². The molecule has 1 unspecified atom stereocenters. The molecule has 2 aliphatic carbocycles. The van der Waals surface area contributed by atoms with E-state index in [0.717, 1.165) is 0 Å². The van der Waals surface area contributed by atoms with Gasteiger partial charge in [-0.15, -0.1) is 0 Å². The smallest absolute Gasteiger partial charge is 0.0104 e. The van der Waals surface area contributed by atoms with Crippen molar-refractivity contribution in [2.75, 3.05) is 0 Å². The summed E-state index contributed by atoms with van der Waals surface area (Å²) in [5, 5.41) is 0. The summed E-state index contributed by atoms with van der Waals surface area (Å²) in [6, 6.07) is 0. The maximum atomic E-state index is 2.53. The molecular formula is C16H26. The number of rotatable bonds is 1. The number of hydrogen-bond donors (Lipinski definition) is 0. The summed E-state index contributed by atoms with van der Waals surface area (Å²) in [5.74, 6) is 0.672. The Hall–Kier alpha value is -0.520. The van der Waals surface area contributed by atoms with E-state index in [1.54, 1.807) is 16.7 Å². The minimum Gasteiger partial charge on any atom is -0.0598 e. The van der Waals surface area contributed by atoms with Crippen LogP contribution in [0.25, 0.3) is 0 Å². The third-order valence-corrected chi connectivity index (χ3v) is 4.98. The second kappa shape index (κ2) is 3.48. The van der Waals surface area contributed by atoms with E-state index in [1.165, 1.54) is 19.3 Å². The van der Waals surface area contributed by atoms with Crippen molar-refractivity contribution in [1.82, 2.24) is 0 Å². The summed E-state index contributed by atoms with van der Waals surface area (Å²) in [6.07, 6.45) is 6.61. The van der Waals surface area contributed by atoms with Crippen LogP contribution >= 0.6 is 0 Å². The van der Waals surface area contributed by atoms with E-state index in [4.69, 9.17) is 0 Å². The Balaban J connectivity index is 2.51. The highest BCUT2D eigenvalue weighted by Gasteiger charge is 2.46. The minimum absolute atomic E-state index is 0.376. The minimum atomic E-state index is 0.376. The predicted molar refractivity (Wildman–Crippen MR) is 71.4 cm³/mol. The van der Waals surface area contributed by atoms with Gasteiger partial charge in [0, 0.05) is 5.41 Å². The molecule has 0 aromatic carbocycles. The van der Waals surface area contributed by atoms with Crippen molar-refractivity contribution in [1.29, 1.82) is 0 Å². The van der Waals surface area contributed by atoms with E-state index < -0.39 is 0 Å². The predicted octanol–water partition coefficient (Wildman–Crippen LogP) is 5.12. The van der Waals surface area contributed by atoms with Gasteiger partial charge in [0.15, 0.2) is 0 Å². The van der Waals surface area contributed by atoms with E-state index in [2.05, 4.69) is 47.6 Å². The molecule has 0 aromatic rings. The molecule has 2 aliphatic rings. The molecule has 0 N–H and O–H groups in total. The van der Waals surface area contributed by atoms with Crippen molar-refractivity contribution in [3.8, 4) is 0 Å². The van der Waals surface area contributed by atoms with Crippen LogP contribution in [0.5, 0.6) is 0 Å². The van der Waals surface area contributed by atoms with Gasteiger partial charge in [-0.1, -0.05) is 58.3 Å². The number of allylic oxidation sites excluding steroid dienone is 4. The molecule has 0 heterocycles. The molecule has 0 aromatic heterocycles. The first-order chi connectivity index (χ1) is 7.29. The van der Waals surface area contributed by atoms with E-state index in [0.29, 0.717) is 16.7 Å². The molecule has 1 atom stereocenters. The van der Waals surface area contributed by atoms with Crippen molar-refractivity contribution in [2.24, 2.45) is 16.7 Å². The molecule has 0 heteroatoms. The summed E-state index contributed by atoms with van der Waals surface area (Å²) >= 11 is 0. The first kappa shape index (κ1) is 12.0. The van der Waals surface area contributed by atoms with Crippen LogP contribution in [0.3, 0.4) is 0 Å². The topological polar surface area (TPSA) is 0 Å². The van der Waals surface area contributed by atoms with Crippen LogP contribution in [0, 0.1) is 16.7 Å². The van der Waals surface area contributed by atoms with Crippen LogP contribution < -0.4 is 0 Å². The Morgan fingerprint density at radius 3 is 2.25 bits per heavy atom. The molecule has 0 radical (unpaired) electrons. The highest BCUT2D eigenvalue weighted by molar-refractivity contribution is 5.49. The fraction of sp³-hybridized carbons (Fsp3) is 0.750. The molecule has 0 aliphatic heterocycles. The van der Waals surface area contributed by atoms with Crippen LogP contribution in [0.15, 0.2) is 22.8 Å². The van der Waals surface area contributed by atoms with Crippen molar-refractivity contribution >= 4 is 0 Å². The normalized spacial score (nSPS) is 33.1. The van der Waals surface area contributed by atoms with E-state index >= 15 is 0 Å². The molecule has 0 nitrogen and oxygen atoms in total. The summed E-state index contributed by atoms with van der Waals surface area (Å²) in [7, 11) is 0. The molecular weight excluding hydrogens is 192 g/mol. The van der Waals surface area contributed by atoms with Crippen LogP contribution in [0.2, 0.25) is 0 Å². The summed E-state index contributed by atoms with van der Waals surface area (Å²) in [6.45, 7) is 14.3. The summed E-state index contributed by atoms with van der Waals surface area (Å²) in [4.78, 5) is 0. The van der Waals surface area contributed by atoms with Gasteiger partial charge in [-0.2, -0.15) is 0 Å². The first-order valence-corrected chi connectivity index (χ1v) is 6.73. The lowest BCUT2D eigenvalue weighted by Gasteiger charge is -2.44. The fourth-order valence-corrected chi connectivity index (χ4v) is 3.83. The lowest BCUT2D eigenvalue weighted by atomic mass is 9.60. The van der Waals surface area contributed by atoms with Gasteiger partial charge >= 0.3 is 0 Å². The SMILES string of the molecule is CC1=C(C(C)C)C=C2C(C)(C)CCCC21C. The van der Waals surface area contributed by atoms with Gasteiger partial charge in [0.05, 0.1) is 0 Å². The van der Waals surface area contributed by atoms with Crippen LogP contribution in [-0.2, 0) is 0 Å². The Kier molecular flexibility index (Phi) is 2.60. The zero-order valence-electron chi connectivity index (χ0n) is 11.8. The molecule has 0 saturated heterocycles. The molecule has 0 amide bonds. The Labute approximate surface area is 101 Å². The second-order valence-corrected chi connectivity index (χ2v) is 6.86. The molecule has 0 bridgehead atoms. The maximum Gasteiger partial charge on any atom is 0.0104 e. The van der Waals surface area contributed by atoms with Crippen molar-refractivity contribution in [2.45, 2.75) is 60.8 Å². The molecule has 90 valence electrons. The van der Waals surface area contributed by atoms with Gasteiger partial charge in [-0.05, 0) is 36.7 Å². The molecule has 1 saturated carbocycles. The van der Waals surface area contributed by atoms with Gasteiger partial charge < -0.3 is 0 Å². The molecule has 2 rings (SSSR count). The van der Waals surface area contributed by atoms with E-state index in [9.17, 15) is 0 Å². The number of fused-ring (bicyclic) bond motifs is 1. The molecule has 1 fully saturated rings. The van der Waals surface area contributed by atoms with Crippen LogP contribution in [0.4, 0.5) is 0 Å². The monoisotopic (exact) mass is 218 g/mol. The highest BCUT2D eigenvalue weighted by Crippen LogP contribution is 2.58. The zero-order valence-corrected chi connectivity index (χ0v) is 11.8. The average molecular weight is 218 g/mol. The van der Waals surface area contributed by atoms with Gasteiger partial charge in [-0.3, -0.25) is 0 Å². The van der Waals surface area contributed by atoms with Crippen molar-refractivity contribution in [3.05, 3.63) is 22.8 Å². The molecule has 0 spiro atoms. The molecule has 16 heavy (non-hydrogen) atoms. The van der Waals surface area contributed by atoms with Gasteiger partial charge in [0.25, 0.3) is 0 Å². The van der Waals surface area contributed by atoms with E-state index in [1.807, 2.05) is 0 Å². The van der Waals surface area contributed by atoms with Gasteiger partial charge in [0.2, 0.25) is 0 Å². The standard InChI is InChI=1S/C16H26/c1-11(2)13-10-14-15(4,5)8-7-9-16(14,6)12(13)3/h10-11H,7-9H2,1-6H3. The average Bonchev–Trinajstić information content (AvgIpc) is 2.40. The third kappa shape index (κ3) is 1.49. The lowest BCUT2D eigenvalue weighted by Crippen LogP contribution is -2.33. The first-order valence-electron chi connectivity index (χ1n) is 6.73. The van der Waals surface area contributed by atoms with Crippen LogP contribution in [-0.4, -0.2) is 0 Å². The van der Waals surface area contributed by atoms with Crippen LogP contribution in [0.1, 0.15) is 60.8 Å². The number of hydrogen-bond acceptors (Lipinski definition) is 0. The third-order valence-electron chi connectivity index (χ3n) is 4.98. The van der Waals surface area contributed by atoms with Gasteiger partial charge in [-0.25, -0.2) is 0 Å². The largest absolute Gasteiger partial charge is 0.0598 e. The summed E-state index contributed by atoms with van der Waals surface area (Å²) in [5.41, 5.74) is 5.73. The quantitative estimate of drug-likeness (QED) is 0.573. The summed E-state index contributed by atoms with van der Waals surface area (Å²) < 4.78 is 0. The highest BCUT2D eigenvalue weighted by atomic mass is 14.5. The van der Waals surface area contributed by atoms with Crippen molar-refractivity contribution < 1.29 is 0 Å². The van der Waals surface area contributed by atoms with Crippen molar-refractivity contribution in [3.63, 3.8) is 0 Å². The second-order valence-electron chi connectivity index (χ2n) is 6.86. The zero-order chi connectivity index (χ0) is 12.1. The maximum absolute atomic E-state index is 2.53. The lowest BCUT2D eigenvalue weighted by molar-refractivity contribution is 0.234. The Morgan fingerprint density at radius 2 is 1.75 bits per heavy atom. The Bertz CT molecular complexity index is 365. The van der Waals surface area contributed by atoms with E-state index in [-0.39, 0.29) is 0 Å². The Morgan fingerprint density at radius 1 is 1.12 bits per heavy atom. The fourth-order valence-electron chi connectivity index (χ4n) is 3.83.